The van der Waals surface area contributed by atoms with Gasteiger partial charge >= 0.3 is 0 Å². The molecule has 0 fully saturated rings. The van der Waals surface area contributed by atoms with Crippen LogP contribution in [0.15, 0.2) is 35.5 Å². The largest absolute Gasteiger partial charge is 0.382 e. The van der Waals surface area contributed by atoms with Crippen molar-refractivity contribution in [2.75, 3.05) is 6.54 Å². The minimum absolute atomic E-state index is 0.200. The quantitative estimate of drug-likeness (QED) is 0.833. The predicted octanol–water partition coefficient (Wildman–Crippen LogP) is 1.46. The second kappa shape index (κ2) is 7.76. The number of hydrogen-bond donors (Lipinski definition) is 2. The van der Waals surface area contributed by atoms with Crippen molar-refractivity contribution in [2.24, 2.45) is 11.1 Å². The summed E-state index contributed by atoms with van der Waals surface area (Å²) in [6, 6.07) is 8.97. The topological polar surface area (TPSA) is 79.8 Å². The lowest BCUT2D eigenvalue weighted by molar-refractivity contribution is -0.135. The van der Waals surface area contributed by atoms with Crippen LogP contribution in [0.3, 0.4) is 0 Å². The molecule has 0 aromatic heterocycles. The highest BCUT2D eigenvalue weighted by Crippen LogP contribution is 2.16. The van der Waals surface area contributed by atoms with Crippen molar-refractivity contribution in [1.82, 2.24) is 10.6 Å². The first-order valence-corrected chi connectivity index (χ1v) is 7.83. The van der Waals surface area contributed by atoms with E-state index in [9.17, 15) is 9.59 Å². The SMILES string of the molecule is CC(C)CNC(=O)[C@@H](C)NC(=O)[C@@H]1CC(c2ccccc2)=NO1. The van der Waals surface area contributed by atoms with E-state index >= 15 is 0 Å². The van der Waals surface area contributed by atoms with Gasteiger partial charge in [-0.25, -0.2) is 0 Å². The maximum Gasteiger partial charge on any atom is 0.264 e. The molecule has 6 nitrogen and oxygen atoms in total. The van der Waals surface area contributed by atoms with E-state index in [0.29, 0.717) is 18.9 Å². The van der Waals surface area contributed by atoms with E-state index < -0.39 is 12.1 Å². The van der Waals surface area contributed by atoms with Crippen LogP contribution in [0.2, 0.25) is 0 Å². The molecule has 124 valence electrons. The molecule has 0 unspecified atom stereocenters. The molecule has 1 heterocycles. The maximum absolute atomic E-state index is 12.2. The predicted molar refractivity (Wildman–Crippen MR) is 87.9 cm³/mol. The van der Waals surface area contributed by atoms with Gasteiger partial charge in [-0.1, -0.05) is 49.3 Å². The van der Waals surface area contributed by atoms with Crippen LogP contribution in [0.4, 0.5) is 0 Å². The lowest BCUT2D eigenvalue weighted by Gasteiger charge is -2.16. The third-order valence-corrected chi connectivity index (χ3v) is 3.50. The van der Waals surface area contributed by atoms with E-state index in [4.69, 9.17) is 4.84 Å². The Bertz CT molecular complexity index is 584. The first-order chi connectivity index (χ1) is 11.0. The van der Waals surface area contributed by atoms with Gasteiger partial charge in [-0.3, -0.25) is 9.59 Å². The molecule has 1 aromatic rings. The average Bonchev–Trinajstić information content (AvgIpc) is 3.03. The lowest BCUT2D eigenvalue weighted by Crippen LogP contribution is -2.48. The second-order valence-electron chi connectivity index (χ2n) is 6.07. The van der Waals surface area contributed by atoms with Crippen LogP contribution in [-0.4, -0.2) is 36.2 Å². The molecule has 2 atom stereocenters. The van der Waals surface area contributed by atoms with Gasteiger partial charge in [0.1, 0.15) is 6.04 Å². The van der Waals surface area contributed by atoms with Crippen LogP contribution in [0.5, 0.6) is 0 Å². The molecular weight excluding hydrogens is 294 g/mol. The zero-order valence-electron chi connectivity index (χ0n) is 13.7. The van der Waals surface area contributed by atoms with Crippen molar-refractivity contribution in [2.45, 2.75) is 39.3 Å². The van der Waals surface area contributed by atoms with Gasteiger partial charge < -0.3 is 15.5 Å². The van der Waals surface area contributed by atoms with Crippen LogP contribution in [0.1, 0.15) is 32.8 Å². The van der Waals surface area contributed by atoms with Crippen molar-refractivity contribution in [3.63, 3.8) is 0 Å². The van der Waals surface area contributed by atoms with Gasteiger partial charge in [0.25, 0.3) is 5.91 Å². The first kappa shape index (κ1) is 17.0. The monoisotopic (exact) mass is 317 g/mol. The molecule has 0 radical (unpaired) electrons. The molecule has 1 aromatic carbocycles. The molecule has 23 heavy (non-hydrogen) atoms. The molecule has 0 bridgehead atoms. The van der Waals surface area contributed by atoms with Gasteiger partial charge in [-0.15, -0.1) is 0 Å². The Hall–Kier alpha value is -2.37. The van der Waals surface area contributed by atoms with Gasteiger partial charge in [0.2, 0.25) is 12.0 Å². The zero-order valence-corrected chi connectivity index (χ0v) is 13.7. The molecule has 1 aliphatic rings. The third kappa shape index (κ3) is 4.81. The summed E-state index contributed by atoms with van der Waals surface area (Å²) in [6.45, 7) is 6.26. The number of carbonyl (C=O) groups excluding carboxylic acids is 2. The van der Waals surface area contributed by atoms with Gasteiger partial charge in [0.05, 0.1) is 5.71 Å². The highest BCUT2D eigenvalue weighted by atomic mass is 16.6. The molecule has 2 N–H and O–H groups in total. The zero-order chi connectivity index (χ0) is 16.8. The summed E-state index contributed by atoms with van der Waals surface area (Å²) in [7, 11) is 0. The van der Waals surface area contributed by atoms with E-state index in [1.54, 1.807) is 6.92 Å². The lowest BCUT2D eigenvalue weighted by atomic mass is 10.0. The van der Waals surface area contributed by atoms with Crippen LogP contribution in [-0.2, 0) is 14.4 Å². The van der Waals surface area contributed by atoms with Crippen molar-refractivity contribution < 1.29 is 14.4 Å². The van der Waals surface area contributed by atoms with E-state index in [1.807, 2.05) is 44.2 Å². The number of hydrogen-bond acceptors (Lipinski definition) is 4. The summed E-state index contributed by atoms with van der Waals surface area (Å²) in [4.78, 5) is 29.3. The van der Waals surface area contributed by atoms with E-state index in [-0.39, 0.29) is 11.8 Å². The fourth-order valence-electron chi connectivity index (χ4n) is 2.15. The Morgan fingerprint density at radius 1 is 1.26 bits per heavy atom. The highest BCUT2D eigenvalue weighted by molar-refractivity contribution is 6.04. The summed E-state index contributed by atoms with van der Waals surface area (Å²) in [5.41, 5.74) is 1.67. The van der Waals surface area contributed by atoms with E-state index in [2.05, 4.69) is 15.8 Å². The van der Waals surface area contributed by atoms with Crippen LogP contribution < -0.4 is 10.6 Å². The number of amides is 2. The Labute approximate surface area is 136 Å². The summed E-state index contributed by atoms with van der Waals surface area (Å²) >= 11 is 0. The normalized spacial score (nSPS) is 18.1. The highest BCUT2D eigenvalue weighted by Gasteiger charge is 2.30. The maximum atomic E-state index is 12.2. The summed E-state index contributed by atoms with van der Waals surface area (Å²) in [6.07, 6.45) is -0.290. The Kier molecular flexibility index (Phi) is 5.73. The average molecular weight is 317 g/mol. The Morgan fingerprint density at radius 2 is 1.96 bits per heavy atom. The molecule has 0 aliphatic carbocycles. The molecule has 1 aliphatic heterocycles. The minimum atomic E-state index is -0.689. The number of benzene rings is 1. The summed E-state index contributed by atoms with van der Waals surface area (Å²) < 4.78 is 0. The van der Waals surface area contributed by atoms with Crippen LogP contribution in [0, 0.1) is 5.92 Å². The number of oxime groups is 1. The van der Waals surface area contributed by atoms with Crippen molar-refractivity contribution in [3.8, 4) is 0 Å². The van der Waals surface area contributed by atoms with Gasteiger partial charge in [-0.2, -0.15) is 0 Å². The Balaban J connectivity index is 1.82. The Morgan fingerprint density at radius 3 is 2.61 bits per heavy atom. The third-order valence-electron chi connectivity index (χ3n) is 3.50. The fraction of sp³-hybridized carbons (Fsp3) is 0.471. The first-order valence-electron chi connectivity index (χ1n) is 7.83. The minimum Gasteiger partial charge on any atom is -0.382 e. The molecular formula is C17H23N3O3. The molecule has 0 saturated carbocycles. The van der Waals surface area contributed by atoms with Gasteiger partial charge in [0.15, 0.2) is 0 Å². The fourth-order valence-corrected chi connectivity index (χ4v) is 2.15. The molecule has 2 amide bonds. The van der Waals surface area contributed by atoms with E-state index in [1.165, 1.54) is 0 Å². The van der Waals surface area contributed by atoms with Gasteiger partial charge in [-0.05, 0) is 18.4 Å². The number of carbonyl (C=O) groups is 2. The van der Waals surface area contributed by atoms with E-state index in [0.717, 1.165) is 11.3 Å². The van der Waals surface area contributed by atoms with Crippen LogP contribution in [0.25, 0.3) is 0 Å². The number of nitrogens with one attached hydrogen (secondary N) is 2. The summed E-state index contributed by atoms with van der Waals surface area (Å²) in [5.74, 6) is -0.164. The van der Waals surface area contributed by atoms with Crippen molar-refractivity contribution in [1.29, 1.82) is 0 Å². The molecule has 0 spiro atoms. The number of nitrogens with zero attached hydrogens (tertiary/aromatic N) is 1. The molecule has 0 saturated heterocycles. The summed E-state index contributed by atoms with van der Waals surface area (Å²) in [5, 5.41) is 9.43. The molecule has 2 rings (SSSR count). The second-order valence-corrected chi connectivity index (χ2v) is 6.07. The number of rotatable bonds is 6. The molecule has 6 heteroatoms. The van der Waals surface area contributed by atoms with Crippen LogP contribution >= 0.6 is 0 Å². The van der Waals surface area contributed by atoms with Crippen molar-refractivity contribution in [3.05, 3.63) is 35.9 Å². The smallest absolute Gasteiger partial charge is 0.264 e. The van der Waals surface area contributed by atoms with Crippen molar-refractivity contribution >= 4 is 17.5 Å². The van der Waals surface area contributed by atoms with Gasteiger partial charge in [0, 0.05) is 13.0 Å². The standard InChI is InChI=1S/C17H23N3O3/c1-11(2)10-18-16(21)12(3)19-17(22)15-9-14(20-23-15)13-7-5-4-6-8-13/h4-8,11-12,15H,9-10H2,1-3H3,(H,18,21)(H,19,22)/t12-,15+/m1/s1.